The van der Waals surface area contributed by atoms with Gasteiger partial charge in [-0.25, -0.2) is 13.6 Å². The number of carboxylic acid groups (broad SMARTS) is 1. The Hall–Kier alpha value is -4.03. The van der Waals surface area contributed by atoms with E-state index in [0.29, 0.717) is 18.2 Å². The Labute approximate surface area is 195 Å². The number of ether oxygens (including phenoxy) is 2. The van der Waals surface area contributed by atoms with Crippen LogP contribution >= 0.6 is 0 Å². The Bertz CT molecular complexity index is 1240. The van der Waals surface area contributed by atoms with Crippen LogP contribution in [0.5, 0.6) is 17.5 Å². The first-order chi connectivity index (χ1) is 16.2. The maximum absolute atomic E-state index is 14.4. The second kappa shape index (κ2) is 10.7. The number of rotatable bonds is 9. The zero-order chi connectivity index (χ0) is 24.8. The van der Waals surface area contributed by atoms with Gasteiger partial charge in [-0.2, -0.15) is 10.2 Å². The van der Waals surface area contributed by atoms with Gasteiger partial charge < -0.3 is 20.3 Å². The van der Waals surface area contributed by atoms with E-state index in [-0.39, 0.29) is 23.7 Å². The van der Waals surface area contributed by atoms with Crippen LogP contribution in [-0.2, 0) is 11.3 Å². The summed E-state index contributed by atoms with van der Waals surface area (Å²) in [6.45, 7) is 3.90. The molecule has 3 rings (SSSR count). The summed E-state index contributed by atoms with van der Waals surface area (Å²) in [4.78, 5) is 15.2. The third-order valence-electron chi connectivity index (χ3n) is 4.83. The average Bonchev–Trinajstić information content (AvgIpc) is 2.81. The molecule has 0 aliphatic heterocycles. The SMILES string of the molecule is CC(C)CC(Oc1nc(Oc2cc(C#N)cc(-c3cccc(CN)c3)c2)c(F)cc1F)C(=O)O. The first-order valence-electron chi connectivity index (χ1n) is 10.5. The molecule has 0 aliphatic rings. The number of hydrogen-bond acceptors (Lipinski definition) is 6. The number of nitrogens with zero attached hydrogens (tertiary/aromatic N) is 2. The summed E-state index contributed by atoms with van der Waals surface area (Å²) in [6.07, 6.45) is -1.27. The molecule has 0 saturated carbocycles. The molecule has 0 radical (unpaired) electrons. The molecular formula is C25H23F2N3O4. The van der Waals surface area contributed by atoms with Crippen LogP contribution in [0.1, 0.15) is 31.4 Å². The fourth-order valence-corrected chi connectivity index (χ4v) is 3.23. The van der Waals surface area contributed by atoms with Gasteiger partial charge in [-0.3, -0.25) is 0 Å². The highest BCUT2D eigenvalue weighted by atomic mass is 19.1. The van der Waals surface area contributed by atoms with Crippen LogP contribution in [0.15, 0.2) is 48.5 Å². The number of hydrogen-bond donors (Lipinski definition) is 2. The fourth-order valence-electron chi connectivity index (χ4n) is 3.23. The molecular weight excluding hydrogens is 444 g/mol. The lowest BCUT2D eigenvalue weighted by atomic mass is 10.0. The van der Waals surface area contributed by atoms with E-state index in [9.17, 15) is 23.9 Å². The van der Waals surface area contributed by atoms with Crippen LogP contribution in [0, 0.1) is 28.9 Å². The van der Waals surface area contributed by atoms with Crippen molar-refractivity contribution in [3.8, 4) is 34.7 Å². The van der Waals surface area contributed by atoms with E-state index in [1.54, 1.807) is 26.0 Å². The molecule has 176 valence electrons. The Kier molecular flexibility index (Phi) is 7.76. The van der Waals surface area contributed by atoms with Crippen LogP contribution in [-0.4, -0.2) is 22.2 Å². The molecule has 0 aliphatic carbocycles. The first-order valence-corrected chi connectivity index (χ1v) is 10.5. The molecule has 9 heteroatoms. The average molecular weight is 467 g/mol. The van der Waals surface area contributed by atoms with E-state index in [1.807, 2.05) is 30.3 Å². The lowest BCUT2D eigenvalue weighted by molar-refractivity contribution is -0.146. The second-order valence-electron chi connectivity index (χ2n) is 8.00. The number of aromatic nitrogens is 1. The van der Waals surface area contributed by atoms with E-state index in [2.05, 4.69) is 4.98 Å². The summed E-state index contributed by atoms with van der Waals surface area (Å²) in [7, 11) is 0. The molecule has 1 atom stereocenters. The molecule has 0 saturated heterocycles. The Morgan fingerprint density at radius 1 is 1.12 bits per heavy atom. The maximum atomic E-state index is 14.4. The minimum absolute atomic E-state index is 0.0507. The number of benzene rings is 2. The van der Waals surface area contributed by atoms with Gasteiger partial charge in [0, 0.05) is 12.6 Å². The molecule has 7 nitrogen and oxygen atoms in total. The number of carbonyl (C=O) groups is 1. The lowest BCUT2D eigenvalue weighted by Crippen LogP contribution is -2.29. The molecule has 3 aromatic rings. The number of carboxylic acids is 1. The van der Waals surface area contributed by atoms with Crippen molar-refractivity contribution in [2.24, 2.45) is 11.7 Å². The van der Waals surface area contributed by atoms with Crippen LogP contribution in [0.2, 0.25) is 0 Å². The van der Waals surface area contributed by atoms with Crippen LogP contribution in [0.3, 0.4) is 0 Å². The van der Waals surface area contributed by atoms with Gasteiger partial charge in [0.25, 0.3) is 11.8 Å². The van der Waals surface area contributed by atoms with Crippen molar-refractivity contribution in [2.75, 3.05) is 0 Å². The van der Waals surface area contributed by atoms with E-state index in [4.69, 9.17) is 15.2 Å². The quantitative estimate of drug-likeness (QED) is 0.453. The maximum Gasteiger partial charge on any atom is 0.344 e. The number of nitriles is 1. The van der Waals surface area contributed by atoms with Crippen LogP contribution < -0.4 is 15.2 Å². The van der Waals surface area contributed by atoms with Crippen LogP contribution in [0.25, 0.3) is 11.1 Å². The Morgan fingerprint density at radius 2 is 1.85 bits per heavy atom. The lowest BCUT2D eigenvalue weighted by Gasteiger charge is -2.17. The largest absolute Gasteiger partial charge is 0.479 e. The first kappa shape index (κ1) is 24.6. The predicted octanol–water partition coefficient (Wildman–Crippen LogP) is 5.03. The normalized spacial score (nSPS) is 11.7. The zero-order valence-corrected chi connectivity index (χ0v) is 18.6. The van der Waals surface area contributed by atoms with Gasteiger partial charge in [0.05, 0.1) is 11.6 Å². The molecule has 1 aromatic heterocycles. The van der Waals surface area contributed by atoms with Crippen molar-refractivity contribution in [1.29, 1.82) is 5.26 Å². The smallest absolute Gasteiger partial charge is 0.344 e. The highest BCUT2D eigenvalue weighted by Gasteiger charge is 2.25. The third kappa shape index (κ3) is 6.05. The number of aliphatic carboxylic acids is 1. The number of nitrogens with two attached hydrogens (primary N) is 1. The summed E-state index contributed by atoms with van der Waals surface area (Å²) < 4.78 is 39.5. The molecule has 0 bridgehead atoms. The van der Waals surface area contributed by atoms with Crippen LogP contribution in [0.4, 0.5) is 8.78 Å². The van der Waals surface area contributed by atoms with Gasteiger partial charge >= 0.3 is 5.97 Å². The van der Waals surface area contributed by atoms with E-state index < -0.39 is 35.5 Å². The molecule has 0 fully saturated rings. The highest BCUT2D eigenvalue weighted by Crippen LogP contribution is 2.32. The van der Waals surface area contributed by atoms with Gasteiger partial charge in [0.2, 0.25) is 0 Å². The molecule has 0 spiro atoms. The van der Waals surface area contributed by atoms with Crippen molar-refractivity contribution in [2.45, 2.75) is 32.9 Å². The van der Waals surface area contributed by atoms with E-state index in [1.165, 1.54) is 6.07 Å². The number of pyridine rings is 1. The Balaban J connectivity index is 1.96. The van der Waals surface area contributed by atoms with E-state index in [0.717, 1.165) is 11.1 Å². The minimum atomic E-state index is -1.37. The van der Waals surface area contributed by atoms with Crippen molar-refractivity contribution >= 4 is 5.97 Å². The van der Waals surface area contributed by atoms with Gasteiger partial charge in [-0.05, 0) is 53.3 Å². The van der Waals surface area contributed by atoms with Crippen molar-refractivity contribution in [1.82, 2.24) is 4.98 Å². The van der Waals surface area contributed by atoms with E-state index >= 15 is 0 Å². The molecule has 3 N–H and O–H groups in total. The fraction of sp³-hybridized carbons (Fsp3) is 0.240. The minimum Gasteiger partial charge on any atom is -0.479 e. The third-order valence-corrected chi connectivity index (χ3v) is 4.83. The second-order valence-corrected chi connectivity index (χ2v) is 8.00. The number of halogens is 2. The molecule has 0 amide bonds. The van der Waals surface area contributed by atoms with Crippen molar-refractivity contribution < 1.29 is 28.2 Å². The topological polar surface area (TPSA) is 118 Å². The van der Waals surface area contributed by atoms with Gasteiger partial charge in [-0.1, -0.05) is 32.0 Å². The standard InChI is InChI=1S/C25H23F2N3O4/c1-14(2)6-22(25(31)32)34-24-21(27)11-20(26)23(30-24)33-19-9-16(13-29)8-18(10-19)17-5-3-4-15(7-17)12-28/h3-5,7-11,14,22H,6,12,28H2,1-2H3,(H,31,32). The summed E-state index contributed by atoms with van der Waals surface area (Å²) in [6, 6.07) is 14.4. The van der Waals surface area contributed by atoms with Crippen molar-refractivity contribution in [3.63, 3.8) is 0 Å². The zero-order valence-electron chi connectivity index (χ0n) is 18.6. The summed E-state index contributed by atoms with van der Waals surface area (Å²) >= 11 is 0. The van der Waals surface area contributed by atoms with Crippen molar-refractivity contribution in [3.05, 3.63) is 71.3 Å². The monoisotopic (exact) mass is 467 g/mol. The highest BCUT2D eigenvalue weighted by molar-refractivity contribution is 5.72. The van der Waals surface area contributed by atoms with Gasteiger partial charge in [0.15, 0.2) is 17.7 Å². The molecule has 1 heterocycles. The van der Waals surface area contributed by atoms with Gasteiger partial charge in [0.1, 0.15) is 5.75 Å². The Morgan fingerprint density at radius 3 is 2.50 bits per heavy atom. The molecule has 34 heavy (non-hydrogen) atoms. The summed E-state index contributed by atoms with van der Waals surface area (Å²) in [5.74, 6) is -4.87. The predicted molar refractivity (Wildman–Crippen MR) is 120 cm³/mol. The summed E-state index contributed by atoms with van der Waals surface area (Å²) in [5, 5.41) is 18.8. The van der Waals surface area contributed by atoms with Gasteiger partial charge in [-0.15, -0.1) is 0 Å². The molecule has 2 aromatic carbocycles. The molecule has 1 unspecified atom stereocenters. The summed E-state index contributed by atoms with van der Waals surface area (Å²) in [5.41, 5.74) is 8.20.